The fourth-order valence-corrected chi connectivity index (χ4v) is 3.93. The number of rotatable bonds is 8. The Balaban J connectivity index is 1.27. The van der Waals surface area contributed by atoms with E-state index in [0.29, 0.717) is 11.7 Å². The molecule has 1 aromatic carbocycles. The molecule has 2 heterocycles. The van der Waals surface area contributed by atoms with Crippen LogP contribution in [0, 0.1) is 5.92 Å². The SMILES string of the molecule is O=C(CSCc1ccccc1)NCC1CCN(Cc2ccco2)CC1. The van der Waals surface area contributed by atoms with Gasteiger partial charge in [-0.3, -0.25) is 9.69 Å². The molecule has 1 amide bonds. The molecule has 0 atom stereocenters. The van der Waals surface area contributed by atoms with Gasteiger partial charge in [-0.05, 0) is 49.5 Å². The Morgan fingerprint density at radius 1 is 1.16 bits per heavy atom. The lowest BCUT2D eigenvalue weighted by atomic mass is 9.97. The van der Waals surface area contributed by atoms with E-state index >= 15 is 0 Å². The molecule has 1 fully saturated rings. The molecule has 3 rings (SSSR count). The van der Waals surface area contributed by atoms with Gasteiger partial charge in [0.05, 0.1) is 18.6 Å². The maximum Gasteiger partial charge on any atom is 0.230 e. The minimum Gasteiger partial charge on any atom is -0.468 e. The van der Waals surface area contributed by atoms with Crippen molar-refractivity contribution in [2.45, 2.75) is 25.1 Å². The summed E-state index contributed by atoms with van der Waals surface area (Å²) in [5, 5.41) is 3.10. The first-order valence-corrected chi connectivity index (χ1v) is 10.1. The molecule has 0 saturated carbocycles. The highest BCUT2D eigenvalue weighted by atomic mass is 32.2. The molecular weight excluding hydrogens is 332 g/mol. The van der Waals surface area contributed by atoms with Gasteiger partial charge >= 0.3 is 0 Å². The number of benzene rings is 1. The third kappa shape index (κ3) is 6.25. The van der Waals surface area contributed by atoms with Crippen LogP contribution in [-0.4, -0.2) is 36.2 Å². The summed E-state index contributed by atoms with van der Waals surface area (Å²) in [4.78, 5) is 14.4. The van der Waals surface area contributed by atoms with Gasteiger partial charge in [-0.1, -0.05) is 30.3 Å². The van der Waals surface area contributed by atoms with Crippen molar-refractivity contribution in [3.8, 4) is 0 Å². The monoisotopic (exact) mass is 358 g/mol. The van der Waals surface area contributed by atoms with Crippen molar-refractivity contribution in [1.82, 2.24) is 10.2 Å². The zero-order chi connectivity index (χ0) is 17.3. The van der Waals surface area contributed by atoms with Crippen molar-refractivity contribution < 1.29 is 9.21 Å². The quantitative estimate of drug-likeness (QED) is 0.784. The Kier molecular flexibility index (Phi) is 7.00. The molecule has 1 aliphatic rings. The van der Waals surface area contributed by atoms with Gasteiger partial charge in [-0.25, -0.2) is 0 Å². The van der Waals surface area contributed by atoms with Gasteiger partial charge in [-0.15, -0.1) is 11.8 Å². The molecule has 0 bridgehead atoms. The fourth-order valence-electron chi connectivity index (χ4n) is 3.12. The van der Waals surface area contributed by atoms with E-state index in [-0.39, 0.29) is 5.91 Å². The van der Waals surface area contributed by atoms with Crippen molar-refractivity contribution in [3.05, 3.63) is 60.1 Å². The lowest BCUT2D eigenvalue weighted by Crippen LogP contribution is -2.38. The number of carbonyl (C=O) groups excluding carboxylic acids is 1. The van der Waals surface area contributed by atoms with Crippen molar-refractivity contribution >= 4 is 17.7 Å². The molecule has 2 aromatic rings. The van der Waals surface area contributed by atoms with Gasteiger partial charge in [-0.2, -0.15) is 0 Å². The predicted molar refractivity (Wildman–Crippen MR) is 102 cm³/mol. The van der Waals surface area contributed by atoms with Crippen LogP contribution in [0.25, 0.3) is 0 Å². The number of carbonyl (C=O) groups is 1. The van der Waals surface area contributed by atoms with Crippen LogP contribution < -0.4 is 5.32 Å². The summed E-state index contributed by atoms with van der Waals surface area (Å²) in [5.41, 5.74) is 1.27. The number of thioether (sulfide) groups is 1. The second-order valence-corrected chi connectivity index (χ2v) is 7.57. The topological polar surface area (TPSA) is 45.5 Å². The Labute approximate surface area is 154 Å². The first-order valence-electron chi connectivity index (χ1n) is 8.92. The van der Waals surface area contributed by atoms with Crippen LogP contribution in [0.15, 0.2) is 53.1 Å². The number of nitrogens with one attached hydrogen (secondary N) is 1. The average molecular weight is 359 g/mol. The van der Waals surface area contributed by atoms with Gasteiger partial charge in [0.25, 0.3) is 0 Å². The summed E-state index contributed by atoms with van der Waals surface area (Å²) >= 11 is 1.67. The van der Waals surface area contributed by atoms with Crippen molar-refractivity contribution in [1.29, 1.82) is 0 Å². The highest BCUT2D eigenvalue weighted by Gasteiger charge is 2.20. The number of amides is 1. The van der Waals surface area contributed by atoms with Crippen LogP contribution in [0.4, 0.5) is 0 Å². The normalized spacial score (nSPS) is 16.0. The van der Waals surface area contributed by atoms with E-state index < -0.39 is 0 Å². The third-order valence-corrected chi connectivity index (χ3v) is 5.60. The highest BCUT2D eigenvalue weighted by molar-refractivity contribution is 7.99. The summed E-state index contributed by atoms with van der Waals surface area (Å²) in [5.74, 6) is 3.20. The molecule has 1 N–H and O–H groups in total. The Bertz CT molecular complexity index is 622. The zero-order valence-electron chi connectivity index (χ0n) is 14.5. The number of hydrogen-bond acceptors (Lipinski definition) is 4. The van der Waals surface area contributed by atoms with E-state index in [9.17, 15) is 4.79 Å². The van der Waals surface area contributed by atoms with E-state index in [2.05, 4.69) is 22.3 Å². The zero-order valence-corrected chi connectivity index (χ0v) is 15.3. The first kappa shape index (κ1) is 18.1. The fraction of sp³-hybridized carbons (Fsp3) is 0.450. The van der Waals surface area contributed by atoms with E-state index in [1.165, 1.54) is 5.56 Å². The van der Waals surface area contributed by atoms with E-state index in [4.69, 9.17) is 4.42 Å². The molecule has 25 heavy (non-hydrogen) atoms. The molecule has 0 unspecified atom stereocenters. The number of furan rings is 1. The van der Waals surface area contributed by atoms with Crippen LogP contribution in [0.5, 0.6) is 0 Å². The van der Waals surface area contributed by atoms with Crippen LogP contribution in [0.1, 0.15) is 24.2 Å². The standard InChI is InChI=1S/C20H26N2O2S/c23-20(16-25-15-18-5-2-1-3-6-18)21-13-17-8-10-22(11-9-17)14-19-7-4-12-24-19/h1-7,12,17H,8-11,13-16H2,(H,21,23). The molecule has 134 valence electrons. The lowest BCUT2D eigenvalue weighted by Gasteiger charge is -2.31. The molecule has 4 nitrogen and oxygen atoms in total. The Morgan fingerprint density at radius 3 is 2.68 bits per heavy atom. The summed E-state index contributed by atoms with van der Waals surface area (Å²) in [6.45, 7) is 3.84. The minimum absolute atomic E-state index is 0.152. The van der Waals surface area contributed by atoms with Gasteiger partial charge < -0.3 is 9.73 Å². The number of nitrogens with zero attached hydrogens (tertiary/aromatic N) is 1. The summed E-state index contributed by atoms with van der Waals surface area (Å²) in [7, 11) is 0. The number of likely N-dealkylation sites (tertiary alicyclic amines) is 1. The smallest absolute Gasteiger partial charge is 0.230 e. The molecule has 5 heteroatoms. The Morgan fingerprint density at radius 2 is 1.96 bits per heavy atom. The minimum atomic E-state index is 0.152. The van der Waals surface area contributed by atoms with Crippen molar-refractivity contribution in [3.63, 3.8) is 0 Å². The van der Waals surface area contributed by atoms with Crippen LogP contribution >= 0.6 is 11.8 Å². The van der Waals surface area contributed by atoms with Crippen LogP contribution in [0.2, 0.25) is 0 Å². The van der Waals surface area contributed by atoms with Crippen molar-refractivity contribution in [2.75, 3.05) is 25.4 Å². The Hall–Kier alpha value is -1.72. The van der Waals surface area contributed by atoms with Gasteiger partial charge in [0, 0.05) is 12.3 Å². The van der Waals surface area contributed by atoms with Crippen molar-refractivity contribution in [2.24, 2.45) is 5.92 Å². The molecule has 0 spiro atoms. The predicted octanol–water partition coefficient (Wildman–Crippen LogP) is 3.54. The molecule has 0 radical (unpaired) electrons. The van der Waals surface area contributed by atoms with Crippen LogP contribution in [0.3, 0.4) is 0 Å². The molecule has 0 aliphatic carbocycles. The summed E-state index contributed by atoms with van der Waals surface area (Å²) < 4.78 is 5.41. The first-order chi connectivity index (χ1) is 12.3. The molecule has 1 saturated heterocycles. The lowest BCUT2D eigenvalue weighted by molar-refractivity contribution is -0.118. The maximum atomic E-state index is 12.0. The second-order valence-electron chi connectivity index (χ2n) is 6.58. The summed E-state index contributed by atoms with van der Waals surface area (Å²) in [6.07, 6.45) is 4.00. The van der Waals surface area contributed by atoms with E-state index in [1.807, 2.05) is 30.3 Å². The van der Waals surface area contributed by atoms with E-state index in [0.717, 1.165) is 50.5 Å². The van der Waals surface area contributed by atoms with Gasteiger partial charge in [0.1, 0.15) is 5.76 Å². The number of piperidine rings is 1. The van der Waals surface area contributed by atoms with Crippen LogP contribution in [-0.2, 0) is 17.1 Å². The molecular formula is C20H26N2O2S. The number of hydrogen-bond donors (Lipinski definition) is 1. The largest absolute Gasteiger partial charge is 0.468 e. The molecule has 1 aliphatic heterocycles. The second kappa shape index (κ2) is 9.68. The van der Waals surface area contributed by atoms with Gasteiger partial charge in [0.15, 0.2) is 0 Å². The van der Waals surface area contributed by atoms with Gasteiger partial charge in [0.2, 0.25) is 5.91 Å². The average Bonchev–Trinajstić information content (AvgIpc) is 3.15. The third-order valence-electron chi connectivity index (χ3n) is 4.60. The molecule has 1 aromatic heterocycles. The summed E-state index contributed by atoms with van der Waals surface area (Å²) in [6, 6.07) is 14.2. The highest BCUT2D eigenvalue weighted by Crippen LogP contribution is 2.19. The van der Waals surface area contributed by atoms with E-state index in [1.54, 1.807) is 18.0 Å². The maximum absolute atomic E-state index is 12.0.